The molecule has 0 spiro atoms. The quantitative estimate of drug-likeness (QED) is 0.863. The minimum Gasteiger partial charge on any atom is -0.374 e. The van der Waals surface area contributed by atoms with E-state index in [1.54, 1.807) is 0 Å². The number of carbonyl (C=O) groups is 1. The fourth-order valence-corrected chi connectivity index (χ4v) is 3.62. The largest absolute Gasteiger partial charge is 0.374 e. The normalized spacial score (nSPS) is 28.9. The Kier molecular flexibility index (Phi) is 5.08. The van der Waals surface area contributed by atoms with Crippen molar-refractivity contribution in [1.29, 1.82) is 0 Å². The Morgan fingerprint density at radius 1 is 1.35 bits per heavy atom. The third-order valence-corrected chi connectivity index (χ3v) is 4.51. The van der Waals surface area contributed by atoms with Crippen LogP contribution < -0.4 is 5.73 Å². The van der Waals surface area contributed by atoms with Crippen LogP contribution in [0, 0.1) is 11.3 Å². The number of ether oxygens (including phenoxy) is 1. The summed E-state index contributed by atoms with van der Waals surface area (Å²) in [5.74, 6) is 0.207. The molecule has 1 aliphatic carbocycles. The second kappa shape index (κ2) is 6.44. The number of hydrogen-bond donors (Lipinski definition) is 1. The minimum absolute atomic E-state index is 0.0457. The van der Waals surface area contributed by atoms with Crippen molar-refractivity contribution in [1.82, 2.24) is 4.90 Å². The number of morpholine rings is 1. The summed E-state index contributed by atoms with van der Waals surface area (Å²) in [6.07, 6.45) is 5.74. The van der Waals surface area contributed by atoms with E-state index in [1.165, 1.54) is 12.8 Å². The van der Waals surface area contributed by atoms with Gasteiger partial charge in [-0.05, 0) is 24.7 Å². The van der Waals surface area contributed by atoms with Gasteiger partial charge in [0, 0.05) is 13.1 Å². The van der Waals surface area contributed by atoms with Gasteiger partial charge in [-0.25, -0.2) is 0 Å². The molecule has 1 saturated carbocycles. The van der Waals surface area contributed by atoms with E-state index >= 15 is 0 Å². The monoisotopic (exact) mass is 282 g/mol. The van der Waals surface area contributed by atoms with Crippen LogP contribution in [0.25, 0.3) is 0 Å². The molecule has 3 atom stereocenters. The van der Waals surface area contributed by atoms with Crippen LogP contribution in [-0.2, 0) is 9.53 Å². The fraction of sp³-hybridized carbons (Fsp3) is 0.938. The average molecular weight is 282 g/mol. The van der Waals surface area contributed by atoms with Crippen LogP contribution in [0.1, 0.15) is 52.9 Å². The molecular formula is C16H30N2O2. The van der Waals surface area contributed by atoms with Gasteiger partial charge < -0.3 is 15.4 Å². The van der Waals surface area contributed by atoms with Gasteiger partial charge in [0.1, 0.15) is 0 Å². The van der Waals surface area contributed by atoms with E-state index in [-0.39, 0.29) is 23.3 Å². The highest BCUT2D eigenvalue weighted by molar-refractivity contribution is 5.79. The van der Waals surface area contributed by atoms with E-state index in [0.29, 0.717) is 19.2 Å². The Balaban J connectivity index is 2.05. The van der Waals surface area contributed by atoms with E-state index in [2.05, 4.69) is 25.7 Å². The summed E-state index contributed by atoms with van der Waals surface area (Å²) >= 11 is 0. The van der Waals surface area contributed by atoms with E-state index in [1.807, 2.05) is 0 Å². The van der Waals surface area contributed by atoms with Crippen LogP contribution in [0.3, 0.4) is 0 Å². The maximum absolute atomic E-state index is 12.9. The lowest BCUT2D eigenvalue weighted by molar-refractivity contribution is -0.154. The zero-order chi connectivity index (χ0) is 14.8. The molecule has 1 aliphatic heterocycles. The number of amides is 1. The van der Waals surface area contributed by atoms with Gasteiger partial charge in [-0.1, -0.05) is 33.6 Å². The molecule has 4 nitrogen and oxygen atoms in total. The van der Waals surface area contributed by atoms with Crippen LogP contribution in [0.4, 0.5) is 0 Å². The van der Waals surface area contributed by atoms with Gasteiger partial charge in [0.25, 0.3) is 0 Å². The zero-order valence-electron chi connectivity index (χ0n) is 13.2. The first-order valence-corrected chi connectivity index (χ1v) is 8.04. The molecule has 2 fully saturated rings. The summed E-state index contributed by atoms with van der Waals surface area (Å²) in [6.45, 7) is 8.38. The lowest BCUT2D eigenvalue weighted by Gasteiger charge is -2.45. The van der Waals surface area contributed by atoms with E-state index in [4.69, 9.17) is 10.5 Å². The number of nitrogens with zero attached hydrogens (tertiary/aromatic N) is 1. The lowest BCUT2D eigenvalue weighted by atomic mass is 9.83. The Morgan fingerprint density at radius 2 is 2.05 bits per heavy atom. The standard InChI is InChI=1S/C16H30N2O2/c1-16(2,3)10-12(11-17)15(19)18-8-9-20-14-7-5-4-6-13(14)18/h12-14H,4-11,17H2,1-3H3. The first kappa shape index (κ1) is 15.8. The molecule has 2 rings (SSSR count). The van der Waals surface area contributed by atoms with Crippen LogP contribution in [0.15, 0.2) is 0 Å². The second-order valence-corrected chi connectivity index (χ2v) is 7.49. The van der Waals surface area contributed by atoms with E-state index in [9.17, 15) is 4.79 Å². The predicted molar refractivity (Wildman–Crippen MR) is 80.3 cm³/mol. The maximum Gasteiger partial charge on any atom is 0.227 e. The Morgan fingerprint density at radius 3 is 2.70 bits per heavy atom. The molecule has 0 radical (unpaired) electrons. The average Bonchev–Trinajstić information content (AvgIpc) is 2.42. The highest BCUT2D eigenvalue weighted by Crippen LogP contribution is 2.31. The molecular weight excluding hydrogens is 252 g/mol. The van der Waals surface area contributed by atoms with Crippen molar-refractivity contribution in [3.05, 3.63) is 0 Å². The third kappa shape index (κ3) is 3.73. The molecule has 1 saturated heterocycles. The van der Waals surface area contributed by atoms with E-state index in [0.717, 1.165) is 25.8 Å². The molecule has 1 amide bonds. The molecule has 0 aromatic carbocycles. The number of hydrogen-bond acceptors (Lipinski definition) is 3. The molecule has 20 heavy (non-hydrogen) atoms. The van der Waals surface area contributed by atoms with Crippen LogP contribution in [0.5, 0.6) is 0 Å². The predicted octanol–water partition coefficient (Wildman–Crippen LogP) is 2.17. The van der Waals surface area contributed by atoms with Gasteiger partial charge >= 0.3 is 0 Å². The topological polar surface area (TPSA) is 55.6 Å². The first-order chi connectivity index (χ1) is 9.42. The molecule has 2 aliphatic rings. The number of nitrogens with two attached hydrogens (primary N) is 1. The van der Waals surface area contributed by atoms with Crippen molar-refractivity contribution in [2.45, 2.75) is 65.0 Å². The van der Waals surface area contributed by atoms with Crippen molar-refractivity contribution >= 4 is 5.91 Å². The molecule has 2 N–H and O–H groups in total. The van der Waals surface area contributed by atoms with Crippen LogP contribution >= 0.6 is 0 Å². The maximum atomic E-state index is 12.9. The Hall–Kier alpha value is -0.610. The number of carbonyl (C=O) groups excluding carboxylic acids is 1. The summed E-state index contributed by atoms with van der Waals surface area (Å²) < 4.78 is 5.85. The summed E-state index contributed by atoms with van der Waals surface area (Å²) in [5.41, 5.74) is 6.01. The van der Waals surface area contributed by atoms with Crippen molar-refractivity contribution in [2.75, 3.05) is 19.7 Å². The second-order valence-electron chi connectivity index (χ2n) is 7.49. The molecule has 0 bridgehead atoms. The first-order valence-electron chi connectivity index (χ1n) is 8.04. The van der Waals surface area contributed by atoms with E-state index < -0.39 is 0 Å². The van der Waals surface area contributed by atoms with Crippen LogP contribution in [-0.4, -0.2) is 42.6 Å². The highest BCUT2D eigenvalue weighted by atomic mass is 16.5. The Labute approximate surface area is 123 Å². The minimum atomic E-state index is -0.0457. The third-order valence-electron chi connectivity index (χ3n) is 4.51. The highest BCUT2D eigenvalue weighted by Gasteiger charge is 2.39. The van der Waals surface area contributed by atoms with Gasteiger partial charge in [0.15, 0.2) is 0 Å². The van der Waals surface area contributed by atoms with Crippen molar-refractivity contribution in [3.63, 3.8) is 0 Å². The molecule has 0 aromatic heterocycles. The van der Waals surface area contributed by atoms with Gasteiger partial charge in [0.05, 0.1) is 24.7 Å². The Bertz CT molecular complexity index is 336. The molecule has 1 heterocycles. The molecule has 4 heteroatoms. The van der Waals surface area contributed by atoms with Crippen molar-refractivity contribution in [3.8, 4) is 0 Å². The van der Waals surface area contributed by atoms with Gasteiger partial charge in [-0.15, -0.1) is 0 Å². The SMILES string of the molecule is CC(C)(C)CC(CN)C(=O)N1CCOC2CCCCC21. The van der Waals surface area contributed by atoms with Crippen molar-refractivity contribution in [2.24, 2.45) is 17.1 Å². The molecule has 116 valence electrons. The van der Waals surface area contributed by atoms with Crippen LogP contribution in [0.2, 0.25) is 0 Å². The zero-order valence-corrected chi connectivity index (χ0v) is 13.2. The van der Waals surface area contributed by atoms with Gasteiger partial charge in [-0.3, -0.25) is 4.79 Å². The summed E-state index contributed by atoms with van der Waals surface area (Å²) in [5, 5.41) is 0. The number of rotatable bonds is 3. The van der Waals surface area contributed by atoms with Crippen molar-refractivity contribution < 1.29 is 9.53 Å². The summed E-state index contributed by atoms with van der Waals surface area (Å²) in [6, 6.07) is 0.291. The molecule has 0 aromatic rings. The number of fused-ring (bicyclic) bond motifs is 1. The lowest BCUT2D eigenvalue weighted by Crippen LogP contribution is -2.57. The summed E-state index contributed by atoms with van der Waals surface area (Å²) in [7, 11) is 0. The van der Waals surface area contributed by atoms with Gasteiger partial charge in [-0.2, -0.15) is 0 Å². The molecule has 3 unspecified atom stereocenters. The van der Waals surface area contributed by atoms with Gasteiger partial charge in [0.2, 0.25) is 5.91 Å². The fourth-order valence-electron chi connectivity index (χ4n) is 3.62. The smallest absolute Gasteiger partial charge is 0.227 e. The summed E-state index contributed by atoms with van der Waals surface area (Å²) in [4.78, 5) is 14.9.